The van der Waals surface area contributed by atoms with Crippen molar-refractivity contribution in [3.8, 4) is 0 Å². The van der Waals surface area contributed by atoms with Gasteiger partial charge in [0, 0.05) is 22.1 Å². The summed E-state index contributed by atoms with van der Waals surface area (Å²) >= 11 is 7.65. The third-order valence-electron chi connectivity index (χ3n) is 8.71. The number of hydrogen-bond acceptors (Lipinski definition) is 4. The van der Waals surface area contributed by atoms with E-state index < -0.39 is 0 Å². The molecule has 0 unspecified atom stereocenters. The van der Waals surface area contributed by atoms with Gasteiger partial charge < -0.3 is 18.6 Å². The van der Waals surface area contributed by atoms with Gasteiger partial charge in [0.25, 0.3) is 0 Å². The molecule has 0 radical (unpaired) electrons. The van der Waals surface area contributed by atoms with E-state index in [1.54, 1.807) is 0 Å². The number of fused-ring (bicyclic) bond motifs is 6. The lowest BCUT2D eigenvalue weighted by Crippen LogP contribution is -2.14. The van der Waals surface area contributed by atoms with E-state index in [4.69, 9.17) is 20.4 Å². The molecule has 9 aromatic rings. The summed E-state index contributed by atoms with van der Waals surface area (Å²) in [6.07, 6.45) is 0. The van der Waals surface area contributed by atoms with E-state index in [0.29, 0.717) is 5.02 Å². The van der Waals surface area contributed by atoms with Gasteiger partial charge in [-0.1, -0.05) is 103 Å². The maximum atomic E-state index is 7.65. The highest BCUT2D eigenvalue weighted by Crippen LogP contribution is 2.50. The van der Waals surface area contributed by atoms with Crippen LogP contribution >= 0.6 is 11.6 Å². The van der Waals surface area contributed by atoms with Crippen LogP contribution in [0.15, 0.2) is 173 Å². The molecular formula is C42H27ClN2O2. The van der Waals surface area contributed by atoms with Crippen molar-refractivity contribution in [2.24, 2.45) is 0 Å². The van der Waals surface area contributed by atoms with Gasteiger partial charge in [-0.25, -0.2) is 0 Å². The van der Waals surface area contributed by atoms with Crippen LogP contribution in [0.2, 0.25) is 5.02 Å². The summed E-state index contributed by atoms with van der Waals surface area (Å²) in [7, 11) is 0. The van der Waals surface area contributed by atoms with Gasteiger partial charge in [0.15, 0.2) is 0 Å². The van der Waals surface area contributed by atoms with E-state index in [-0.39, 0.29) is 0 Å². The quantitative estimate of drug-likeness (QED) is 0.184. The molecule has 0 fully saturated rings. The Morgan fingerprint density at radius 3 is 1.17 bits per heavy atom. The molecule has 0 aliphatic carbocycles. The predicted molar refractivity (Wildman–Crippen MR) is 195 cm³/mol. The average molecular weight is 627 g/mol. The van der Waals surface area contributed by atoms with Gasteiger partial charge in [-0.2, -0.15) is 0 Å². The number of hydrogen-bond donors (Lipinski definition) is 0. The highest BCUT2D eigenvalue weighted by Gasteiger charge is 2.26. The van der Waals surface area contributed by atoms with Crippen LogP contribution in [-0.2, 0) is 0 Å². The second kappa shape index (κ2) is 11.1. The highest BCUT2D eigenvalue weighted by atomic mass is 35.5. The minimum Gasteiger partial charge on any atom is -0.456 e. The van der Waals surface area contributed by atoms with Crippen LogP contribution in [0.4, 0.5) is 34.1 Å². The molecule has 0 atom stereocenters. The molecule has 4 nitrogen and oxygen atoms in total. The van der Waals surface area contributed by atoms with Gasteiger partial charge in [0.1, 0.15) is 22.3 Å². The third-order valence-corrected chi connectivity index (χ3v) is 9.10. The lowest BCUT2D eigenvalue weighted by molar-refractivity contribution is 0.668. The zero-order valence-electron chi connectivity index (χ0n) is 25.2. The van der Waals surface area contributed by atoms with Gasteiger partial charge in [0.05, 0.1) is 38.5 Å². The Hall–Kier alpha value is -5.97. The van der Waals surface area contributed by atoms with Gasteiger partial charge in [-0.15, -0.1) is 0 Å². The molecule has 2 heterocycles. The first-order valence-electron chi connectivity index (χ1n) is 15.6. The lowest BCUT2D eigenvalue weighted by atomic mass is 10.1. The Kier molecular flexibility index (Phi) is 6.47. The monoisotopic (exact) mass is 626 g/mol. The Labute approximate surface area is 276 Å². The number of rotatable bonds is 6. The van der Waals surface area contributed by atoms with Crippen LogP contribution in [0.5, 0.6) is 0 Å². The van der Waals surface area contributed by atoms with Crippen molar-refractivity contribution in [1.29, 1.82) is 0 Å². The molecule has 0 amide bonds. The largest absolute Gasteiger partial charge is 0.456 e. The topological polar surface area (TPSA) is 32.8 Å². The SMILES string of the molecule is Clc1c(N(c2ccccc2)c2cccc3oc4ccccc4c23)cccc1N(c1ccccc1)c1cccc2oc3ccccc3c12. The normalized spacial score (nSPS) is 11.5. The van der Waals surface area contributed by atoms with Crippen molar-refractivity contribution in [3.05, 3.63) is 169 Å². The molecule has 0 N–H and O–H groups in total. The molecule has 47 heavy (non-hydrogen) atoms. The number of nitrogens with zero attached hydrogens (tertiary/aromatic N) is 2. The van der Waals surface area contributed by atoms with E-state index in [1.807, 2.05) is 72.8 Å². The fourth-order valence-electron chi connectivity index (χ4n) is 6.71. The Morgan fingerprint density at radius 2 is 0.702 bits per heavy atom. The zero-order valence-corrected chi connectivity index (χ0v) is 25.9. The second-order valence-corrected chi connectivity index (χ2v) is 11.8. The molecule has 0 saturated heterocycles. The number of anilines is 6. The van der Waals surface area contributed by atoms with Crippen molar-refractivity contribution in [3.63, 3.8) is 0 Å². The molecule has 2 aromatic heterocycles. The Balaban J connectivity index is 1.32. The van der Waals surface area contributed by atoms with Gasteiger partial charge in [-0.05, 0) is 72.8 Å². The van der Waals surface area contributed by atoms with Crippen LogP contribution in [0, 0.1) is 0 Å². The van der Waals surface area contributed by atoms with Crippen LogP contribution in [0.1, 0.15) is 0 Å². The number of furan rings is 2. The summed E-state index contributed by atoms with van der Waals surface area (Å²) < 4.78 is 12.6. The number of halogens is 1. The van der Waals surface area contributed by atoms with Crippen molar-refractivity contribution < 1.29 is 8.83 Å². The third kappa shape index (κ3) is 4.45. The van der Waals surface area contributed by atoms with E-state index >= 15 is 0 Å². The summed E-state index contributed by atoms with van der Waals surface area (Å²) in [6, 6.07) is 55.6. The van der Waals surface area contributed by atoms with Crippen molar-refractivity contribution in [1.82, 2.24) is 0 Å². The van der Waals surface area contributed by atoms with Crippen LogP contribution < -0.4 is 9.80 Å². The van der Waals surface area contributed by atoms with Gasteiger partial charge in [-0.3, -0.25) is 0 Å². The first-order valence-corrected chi connectivity index (χ1v) is 15.9. The van der Waals surface area contributed by atoms with Crippen LogP contribution in [0.3, 0.4) is 0 Å². The van der Waals surface area contributed by atoms with Crippen molar-refractivity contribution in [2.75, 3.05) is 9.80 Å². The molecule has 0 saturated carbocycles. The van der Waals surface area contributed by atoms with E-state index in [0.717, 1.165) is 78.0 Å². The Morgan fingerprint density at radius 1 is 0.340 bits per heavy atom. The summed E-state index contributed by atoms with van der Waals surface area (Å²) in [5.41, 5.74) is 8.95. The molecule has 224 valence electrons. The summed E-state index contributed by atoms with van der Waals surface area (Å²) in [6.45, 7) is 0. The lowest BCUT2D eigenvalue weighted by Gasteiger charge is -2.31. The predicted octanol–water partition coefficient (Wildman–Crippen LogP) is 13.1. The maximum absolute atomic E-state index is 7.65. The van der Waals surface area contributed by atoms with Crippen LogP contribution in [-0.4, -0.2) is 0 Å². The minimum absolute atomic E-state index is 0.606. The smallest absolute Gasteiger partial charge is 0.137 e. The van der Waals surface area contributed by atoms with E-state index in [9.17, 15) is 0 Å². The molecule has 0 spiro atoms. The number of para-hydroxylation sites is 4. The molecule has 7 aromatic carbocycles. The molecule has 9 rings (SSSR count). The van der Waals surface area contributed by atoms with Crippen molar-refractivity contribution in [2.45, 2.75) is 0 Å². The van der Waals surface area contributed by atoms with E-state index in [1.165, 1.54) is 0 Å². The van der Waals surface area contributed by atoms with Crippen molar-refractivity contribution >= 4 is 89.6 Å². The summed E-state index contributed by atoms with van der Waals surface area (Å²) in [5, 5.41) is 4.77. The van der Waals surface area contributed by atoms with Crippen LogP contribution in [0.25, 0.3) is 43.9 Å². The average Bonchev–Trinajstić information content (AvgIpc) is 3.70. The summed E-state index contributed by atoms with van der Waals surface area (Å²) in [5.74, 6) is 0. The minimum atomic E-state index is 0.606. The fraction of sp³-hybridized carbons (Fsp3) is 0. The van der Waals surface area contributed by atoms with Gasteiger partial charge in [0.2, 0.25) is 0 Å². The zero-order chi connectivity index (χ0) is 31.3. The Bertz CT molecular complexity index is 2380. The first kappa shape index (κ1) is 27.3. The first-order chi connectivity index (χ1) is 23.3. The second-order valence-electron chi connectivity index (χ2n) is 11.4. The number of benzene rings is 7. The van der Waals surface area contributed by atoms with Gasteiger partial charge >= 0.3 is 0 Å². The molecule has 0 aliphatic rings. The molecule has 0 bridgehead atoms. The maximum Gasteiger partial charge on any atom is 0.137 e. The fourth-order valence-corrected chi connectivity index (χ4v) is 7.00. The standard InChI is InChI=1S/C42H27ClN2O2/c43-42-34(44(28-14-3-1-4-15-28)32-20-12-26-38-40(32)30-18-7-9-24-36(30)46-38)22-11-23-35(42)45(29-16-5-2-6-17-29)33-21-13-27-39-41(33)31-19-8-10-25-37(31)47-39/h1-27H. The highest BCUT2D eigenvalue weighted by molar-refractivity contribution is 6.37. The molecular weight excluding hydrogens is 600 g/mol. The molecule has 5 heteroatoms. The van der Waals surface area contributed by atoms with E-state index in [2.05, 4.69) is 101 Å². The molecule has 0 aliphatic heterocycles. The summed E-state index contributed by atoms with van der Waals surface area (Å²) in [4.78, 5) is 4.46.